The standard InChI is InChI=1S/C15H21N3O2/c1-3-7-16-15(20)17-10-12-4-5-14-13(9-12)6-8-18(14)11(2)19/h4-5,9H,3,6-8,10H2,1-2H3,(H2,16,17,20). The molecule has 108 valence electrons. The molecular formula is C15H21N3O2. The first kappa shape index (κ1) is 14.4. The first-order chi connectivity index (χ1) is 9.61. The van der Waals surface area contributed by atoms with Gasteiger partial charge in [0, 0.05) is 32.2 Å². The predicted molar refractivity (Wildman–Crippen MR) is 78.7 cm³/mol. The maximum Gasteiger partial charge on any atom is 0.315 e. The Bertz CT molecular complexity index is 514. The number of hydrogen-bond donors (Lipinski definition) is 2. The molecule has 1 aromatic carbocycles. The van der Waals surface area contributed by atoms with Crippen molar-refractivity contribution in [2.75, 3.05) is 18.0 Å². The highest BCUT2D eigenvalue weighted by Crippen LogP contribution is 2.28. The van der Waals surface area contributed by atoms with Crippen LogP contribution in [0.5, 0.6) is 0 Å². The maximum absolute atomic E-state index is 11.5. The summed E-state index contributed by atoms with van der Waals surface area (Å²) in [5.74, 6) is 0.0774. The van der Waals surface area contributed by atoms with E-state index in [1.54, 1.807) is 11.8 Å². The van der Waals surface area contributed by atoms with Crippen molar-refractivity contribution in [3.63, 3.8) is 0 Å². The summed E-state index contributed by atoms with van der Waals surface area (Å²) < 4.78 is 0. The van der Waals surface area contributed by atoms with Gasteiger partial charge in [-0.15, -0.1) is 0 Å². The summed E-state index contributed by atoms with van der Waals surface area (Å²) in [6.45, 7) is 5.54. The molecule has 0 saturated heterocycles. The summed E-state index contributed by atoms with van der Waals surface area (Å²) in [5, 5.41) is 5.60. The Morgan fingerprint density at radius 1 is 1.30 bits per heavy atom. The average molecular weight is 275 g/mol. The maximum atomic E-state index is 11.5. The molecule has 0 unspecified atom stereocenters. The van der Waals surface area contributed by atoms with Crippen LogP contribution in [-0.2, 0) is 17.8 Å². The smallest absolute Gasteiger partial charge is 0.315 e. The normalized spacial score (nSPS) is 13.0. The Morgan fingerprint density at radius 2 is 2.10 bits per heavy atom. The highest BCUT2D eigenvalue weighted by molar-refractivity contribution is 5.93. The first-order valence-corrected chi connectivity index (χ1v) is 7.03. The summed E-state index contributed by atoms with van der Waals surface area (Å²) in [6, 6.07) is 5.85. The van der Waals surface area contributed by atoms with Gasteiger partial charge in [0.25, 0.3) is 0 Å². The van der Waals surface area contributed by atoms with Crippen molar-refractivity contribution in [2.24, 2.45) is 0 Å². The van der Waals surface area contributed by atoms with E-state index in [0.717, 1.165) is 30.6 Å². The Kier molecular flexibility index (Phi) is 4.61. The molecule has 5 heteroatoms. The zero-order valence-corrected chi connectivity index (χ0v) is 12.0. The fourth-order valence-corrected chi connectivity index (χ4v) is 2.38. The molecular weight excluding hydrogens is 254 g/mol. The van der Waals surface area contributed by atoms with Crippen LogP contribution >= 0.6 is 0 Å². The molecule has 0 radical (unpaired) electrons. The van der Waals surface area contributed by atoms with Crippen molar-refractivity contribution in [1.29, 1.82) is 0 Å². The molecule has 0 spiro atoms. The van der Waals surface area contributed by atoms with E-state index in [1.807, 2.05) is 19.1 Å². The predicted octanol–water partition coefficient (Wildman–Crippen LogP) is 1.80. The number of carbonyl (C=O) groups excluding carboxylic acids is 2. The molecule has 5 nitrogen and oxygen atoms in total. The lowest BCUT2D eigenvalue weighted by Crippen LogP contribution is -2.35. The number of fused-ring (bicyclic) bond motifs is 1. The van der Waals surface area contributed by atoms with E-state index in [-0.39, 0.29) is 11.9 Å². The number of benzene rings is 1. The van der Waals surface area contributed by atoms with Crippen molar-refractivity contribution in [2.45, 2.75) is 33.2 Å². The minimum atomic E-state index is -0.141. The molecule has 20 heavy (non-hydrogen) atoms. The zero-order valence-electron chi connectivity index (χ0n) is 12.0. The van der Waals surface area contributed by atoms with Crippen LogP contribution in [-0.4, -0.2) is 25.0 Å². The third-order valence-electron chi connectivity index (χ3n) is 3.41. The molecule has 0 fully saturated rings. The number of rotatable bonds is 4. The summed E-state index contributed by atoms with van der Waals surface area (Å²) in [5.41, 5.74) is 3.23. The summed E-state index contributed by atoms with van der Waals surface area (Å²) in [4.78, 5) is 24.7. The molecule has 2 rings (SSSR count). The van der Waals surface area contributed by atoms with Gasteiger partial charge >= 0.3 is 6.03 Å². The molecule has 0 bridgehead atoms. The lowest BCUT2D eigenvalue weighted by molar-refractivity contribution is -0.116. The fraction of sp³-hybridized carbons (Fsp3) is 0.467. The van der Waals surface area contributed by atoms with Crippen LogP contribution in [0, 0.1) is 0 Å². The molecule has 0 saturated carbocycles. The summed E-state index contributed by atoms with van der Waals surface area (Å²) in [6.07, 6.45) is 1.80. The monoisotopic (exact) mass is 275 g/mol. The number of nitrogens with zero attached hydrogens (tertiary/aromatic N) is 1. The van der Waals surface area contributed by atoms with Gasteiger partial charge in [-0.25, -0.2) is 4.79 Å². The number of urea groups is 1. The second-order valence-electron chi connectivity index (χ2n) is 4.99. The second kappa shape index (κ2) is 6.41. The molecule has 1 aliphatic rings. The lowest BCUT2D eigenvalue weighted by Gasteiger charge is -2.15. The largest absolute Gasteiger partial charge is 0.338 e. The number of carbonyl (C=O) groups is 2. The SMILES string of the molecule is CCCNC(=O)NCc1ccc2c(c1)CCN2C(C)=O. The molecule has 0 aromatic heterocycles. The van der Waals surface area contributed by atoms with Crippen LogP contribution in [0.3, 0.4) is 0 Å². The van der Waals surface area contributed by atoms with Crippen LogP contribution in [0.1, 0.15) is 31.4 Å². The van der Waals surface area contributed by atoms with E-state index in [0.29, 0.717) is 13.1 Å². The van der Waals surface area contributed by atoms with E-state index in [2.05, 4.69) is 16.7 Å². The number of nitrogens with one attached hydrogen (secondary N) is 2. The van der Waals surface area contributed by atoms with Crippen LogP contribution in [0.15, 0.2) is 18.2 Å². The number of anilines is 1. The van der Waals surface area contributed by atoms with Gasteiger partial charge in [-0.1, -0.05) is 19.1 Å². The number of hydrogen-bond acceptors (Lipinski definition) is 2. The highest BCUT2D eigenvalue weighted by atomic mass is 16.2. The Labute approximate surface area is 119 Å². The van der Waals surface area contributed by atoms with E-state index in [1.165, 1.54) is 5.56 Å². The quantitative estimate of drug-likeness (QED) is 0.880. The Hall–Kier alpha value is -2.04. The van der Waals surface area contributed by atoms with Gasteiger partial charge in [-0.3, -0.25) is 4.79 Å². The van der Waals surface area contributed by atoms with Gasteiger partial charge in [-0.2, -0.15) is 0 Å². The third kappa shape index (κ3) is 3.29. The van der Waals surface area contributed by atoms with Gasteiger partial charge < -0.3 is 15.5 Å². The van der Waals surface area contributed by atoms with Gasteiger partial charge in [0.1, 0.15) is 0 Å². The van der Waals surface area contributed by atoms with Crippen molar-refractivity contribution < 1.29 is 9.59 Å². The van der Waals surface area contributed by atoms with Crippen molar-refractivity contribution >= 4 is 17.6 Å². The van der Waals surface area contributed by atoms with Crippen molar-refractivity contribution in [1.82, 2.24) is 10.6 Å². The lowest BCUT2D eigenvalue weighted by atomic mass is 10.1. The molecule has 1 heterocycles. The van der Waals surface area contributed by atoms with Crippen molar-refractivity contribution in [3.8, 4) is 0 Å². The van der Waals surface area contributed by atoms with Crippen LogP contribution in [0.25, 0.3) is 0 Å². The van der Waals surface area contributed by atoms with Gasteiger partial charge in [0.05, 0.1) is 0 Å². The van der Waals surface area contributed by atoms with Gasteiger partial charge in [-0.05, 0) is 30.0 Å². The van der Waals surface area contributed by atoms with E-state index >= 15 is 0 Å². The fourth-order valence-electron chi connectivity index (χ4n) is 2.38. The Morgan fingerprint density at radius 3 is 2.80 bits per heavy atom. The van der Waals surface area contributed by atoms with Crippen LogP contribution in [0.4, 0.5) is 10.5 Å². The zero-order chi connectivity index (χ0) is 14.5. The first-order valence-electron chi connectivity index (χ1n) is 7.03. The minimum absolute atomic E-state index is 0.0774. The number of amides is 3. The molecule has 2 N–H and O–H groups in total. The van der Waals surface area contributed by atoms with Crippen LogP contribution in [0.2, 0.25) is 0 Å². The Balaban J connectivity index is 1.95. The molecule has 0 aliphatic carbocycles. The van der Waals surface area contributed by atoms with Gasteiger partial charge in [0.15, 0.2) is 0 Å². The van der Waals surface area contributed by atoms with E-state index in [9.17, 15) is 9.59 Å². The second-order valence-corrected chi connectivity index (χ2v) is 4.99. The van der Waals surface area contributed by atoms with E-state index < -0.39 is 0 Å². The molecule has 1 aliphatic heterocycles. The molecule has 0 atom stereocenters. The third-order valence-corrected chi connectivity index (χ3v) is 3.41. The molecule has 1 aromatic rings. The summed E-state index contributed by atoms with van der Waals surface area (Å²) >= 11 is 0. The highest BCUT2D eigenvalue weighted by Gasteiger charge is 2.21. The topological polar surface area (TPSA) is 61.4 Å². The van der Waals surface area contributed by atoms with E-state index in [4.69, 9.17) is 0 Å². The average Bonchev–Trinajstić information content (AvgIpc) is 2.86. The van der Waals surface area contributed by atoms with Crippen LogP contribution < -0.4 is 15.5 Å². The summed E-state index contributed by atoms with van der Waals surface area (Å²) in [7, 11) is 0. The minimum Gasteiger partial charge on any atom is -0.338 e. The van der Waals surface area contributed by atoms with Crippen molar-refractivity contribution in [3.05, 3.63) is 29.3 Å². The van der Waals surface area contributed by atoms with Gasteiger partial charge in [0.2, 0.25) is 5.91 Å². The molecule has 3 amide bonds.